The first kappa shape index (κ1) is 23.5. The van der Waals surface area contributed by atoms with Crippen LogP contribution < -0.4 is 0 Å². The Kier molecular flexibility index (Phi) is 7.47. The first-order valence-electron chi connectivity index (χ1n) is 11.7. The molecule has 3 rings (SSSR count). The van der Waals surface area contributed by atoms with E-state index in [2.05, 4.69) is 32.1 Å². The van der Waals surface area contributed by atoms with Gasteiger partial charge in [0.2, 0.25) is 0 Å². The van der Waals surface area contributed by atoms with Gasteiger partial charge in [0.15, 0.2) is 6.29 Å². The third kappa shape index (κ3) is 5.35. The van der Waals surface area contributed by atoms with Crippen molar-refractivity contribution in [3.05, 3.63) is 23.8 Å². The topological polar surface area (TPSA) is 76.0 Å². The molecule has 2 N–H and O–H groups in total. The standard InChI is InChI=1S/C25H40O5/c1-6-25(4,5)24(28)30-21-12-15(2)11-17-8-7-16(3)20(23(17)21)10-9-19-13-18(26)14-22(27)29-19/h7-8,11,15-16,18-23,26-27H,6,9-10,12-14H2,1-5H3/t15-,16-,18?,19?,20-,21-,22?,23-/m0/s1. The van der Waals surface area contributed by atoms with Crippen LogP contribution in [-0.2, 0) is 14.3 Å². The van der Waals surface area contributed by atoms with Gasteiger partial charge in [-0.05, 0) is 69.3 Å². The SMILES string of the molecule is CCC(C)(C)C(=O)O[C@H]1C[C@@H](C)C=C2C=C[C@H](C)[C@H](CCC3CC(O)CC(O)O3)[C@H]21. The number of ether oxygens (including phenoxy) is 2. The number of carbonyl (C=O) groups excluding carboxylic acids is 1. The lowest BCUT2D eigenvalue weighted by atomic mass is 9.65. The average Bonchev–Trinajstić information content (AvgIpc) is 2.66. The van der Waals surface area contributed by atoms with Crippen LogP contribution in [0.3, 0.4) is 0 Å². The van der Waals surface area contributed by atoms with Crippen molar-refractivity contribution in [2.45, 2.75) is 97.7 Å². The third-order valence-electron chi connectivity index (χ3n) is 7.47. The minimum absolute atomic E-state index is 0.105. The largest absolute Gasteiger partial charge is 0.461 e. The maximum absolute atomic E-state index is 12.9. The third-order valence-corrected chi connectivity index (χ3v) is 7.47. The Morgan fingerprint density at radius 1 is 1.20 bits per heavy atom. The summed E-state index contributed by atoms with van der Waals surface area (Å²) in [6.07, 6.45) is 9.38. The van der Waals surface area contributed by atoms with E-state index in [1.807, 2.05) is 20.8 Å². The van der Waals surface area contributed by atoms with Gasteiger partial charge in [-0.25, -0.2) is 0 Å². The second kappa shape index (κ2) is 9.54. The molecule has 1 saturated heterocycles. The highest BCUT2D eigenvalue weighted by atomic mass is 16.6. The predicted octanol–water partition coefficient (Wildman–Crippen LogP) is 4.38. The van der Waals surface area contributed by atoms with E-state index in [1.165, 1.54) is 5.57 Å². The van der Waals surface area contributed by atoms with Gasteiger partial charge in [0.1, 0.15) is 6.10 Å². The second-order valence-electron chi connectivity index (χ2n) is 10.4. The van der Waals surface area contributed by atoms with E-state index in [0.29, 0.717) is 24.2 Å². The van der Waals surface area contributed by atoms with Crippen molar-refractivity contribution in [3.8, 4) is 0 Å². The van der Waals surface area contributed by atoms with Gasteiger partial charge in [0.25, 0.3) is 0 Å². The van der Waals surface area contributed by atoms with Gasteiger partial charge in [-0.15, -0.1) is 0 Å². The quantitative estimate of drug-likeness (QED) is 0.624. The molecule has 1 fully saturated rings. The summed E-state index contributed by atoms with van der Waals surface area (Å²) in [5, 5.41) is 19.8. The molecule has 3 aliphatic rings. The predicted molar refractivity (Wildman–Crippen MR) is 116 cm³/mol. The van der Waals surface area contributed by atoms with E-state index in [4.69, 9.17) is 9.47 Å². The highest BCUT2D eigenvalue weighted by molar-refractivity contribution is 5.76. The van der Waals surface area contributed by atoms with Gasteiger partial charge < -0.3 is 19.7 Å². The molecule has 0 spiro atoms. The minimum atomic E-state index is -0.876. The fourth-order valence-electron chi connectivity index (χ4n) is 5.19. The molecule has 8 atom stereocenters. The zero-order valence-corrected chi connectivity index (χ0v) is 19.2. The molecule has 5 nitrogen and oxygen atoms in total. The highest BCUT2D eigenvalue weighted by Crippen LogP contribution is 2.45. The second-order valence-corrected chi connectivity index (χ2v) is 10.4. The molecule has 1 aliphatic heterocycles. The first-order valence-corrected chi connectivity index (χ1v) is 11.7. The summed E-state index contributed by atoms with van der Waals surface area (Å²) >= 11 is 0. The molecular weight excluding hydrogens is 380 g/mol. The van der Waals surface area contributed by atoms with E-state index in [-0.39, 0.29) is 30.5 Å². The Morgan fingerprint density at radius 2 is 1.93 bits per heavy atom. The molecule has 0 amide bonds. The van der Waals surface area contributed by atoms with E-state index in [9.17, 15) is 15.0 Å². The van der Waals surface area contributed by atoms with E-state index in [0.717, 1.165) is 25.7 Å². The summed E-state index contributed by atoms with van der Waals surface area (Å²) in [4.78, 5) is 12.9. The number of aliphatic hydroxyl groups is 2. The van der Waals surface area contributed by atoms with E-state index in [1.54, 1.807) is 0 Å². The van der Waals surface area contributed by atoms with Crippen LogP contribution in [-0.4, -0.2) is 40.8 Å². The summed E-state index contributed by atoms with van der Waals surface area (Å²) in [6.45, 7) is 10.4. The van der Waals surface area contributed by atoms with Gasteiger partial charge in [0, 0.05) is 12.3 Å². The fourth-order valence-corrected chi connectivity index (χ4v) is 5.19. The van der Waals surface area contributed by atoms with Crippen molar-refractivity contribution in [1.82, 2.24) is 0 Å². The molecule has 0 aromatic rings. The monoisotopic (exact) mass is 420 g/mol. The van der Waals surface area contributed by atoms with Gasteiger partial charge in [-0.1, -0.05) is 39.0 Å². The number of aliphatic hydroxyl groups excluding tert-OH is 2. The van der Waals surface area contributed by atoms with Crippen molar-refractivity contribution >= 4 is 5.97 Å². The molecule has 1 heterocycles. The number of hydrogen-bond acceptors (Lipinski definition) is 5. The Bertz CT molecular complexity index is 656. The molecule has 3 unspecified atom stereocenters. The lowest BCUT2D eigenvalue weighted by Crippen LogP contribution is -2.43. The zero-order valence-electron chi connectivity index (χ0n) is 19.2. The van der Waals surface area contributed by atoms with Crippen molar-refractivity contribution < 1.29 is 24.5 Å². The van der Waals surface area contributed by atoms with Crippen LogP contribution in [0, 0.1) is 29.1 Å². The molecule has 30 heavy (non-hydrogen) atoms. The van der Waals surface area contributed by atoms with Crippen LogP contribution >= 0.6 is 0 Å². The summed E-state index contributed by atoms with van der Waals surface area (Å²) in [7, 11) is 0. The molecule has 5 heteroatoms. The van der Waals surface area contributed by atoms with Crippen molar-refractivity contribution in [2.24, 2.45) is 29.1 Å². The fraction of sp³-hybridized carbons (Fsp3) is 0.800. The first-order chi connectivity index (χ1) is 14.1. The molecule has 0 aromatic heterocycles. The summed E-state index contributed by atoms with van der Waals surface area (Å²) in [6, 6.07) is 0. The van der Waals surface area contributed by atoms with Gasteiger partial charge in [-0.3, -0.25) is 4.79 Å². The molecule has 0 bridgehead atoms. The summed E-state index contributed by atoms with van der Waals surface area (Å²) < 4.78 is 11.8. The number of fused-ring (bicyclic) bond motifs is 1. The number of allylic oxidation sites excluding steroid dienone is 3. The Balaban J connectivity index is 1.75. The molecule has 0 saturated carbocycles. The zero-order chi connectivity index (χ0) is 22.1. The lowest BCUT2D eigenvalue weighted by Gasteiger charge is -2.44. The van der Waals surface area contributed by atoms with Crippen molar-refractivity contribution in [3.63, 3.8) is 0 Å². The normalized spacial score (nSPS) is 39.2. The number of hydrogen-bond donors (Lipinski definition) is 2. The van der Waals surface area contributed by atoms with E-state index < -0.39 is 17.8 Å². The van der Waals surface area contributed by atoms with Gasteiger partial charge in [0.05, 0.1) is 17.6 Å². The van der Waals surface area contributed by atoms with E-state index >= 15 is 0 Å². The molecule has 0 radical (unpaired) electrons. The van der Waals surface area contributed by atoms with Crippen LogP contribution in [0.4, 0.5) is 0 Å². The van der Waals surface area contributed by atoms with Crippen LogP contribution in [0.25, 0.3) is 0 Å². The summed E-state index contributed by atoms with van der Waals surface area (Å²) in [5.74, 6) is 1.18. The number of carbonyl (C=O) groups is 1. The number of esters is 1. The van der Waals surface area contributed by atoms with Gasteiger partial charge in [-0.2, -0.15) is 0 Å². The van der Waals surface area contributed by atoms with Crippen LogP contribution in [0.1, 0.15) is 73.1 Å². The Labute approximate surface area is 181 Å². The smallest absolute Gasteiger partial charge is 0.311 e. The Morgan fingerprint density at radius 3 is 2.60 bits per heavy atom. The summed E-state index contributed by atoms with van der Waals surface area (Å²) in [5.41, 5.74) is 0.812. The maximum Gasteiger partial charge on any atom is 0.311 e. The van der Waals surface area contributed by atoms with Crippen molar-refractivity contribution in [2.75, 3.05) is 0 Å². The van der Waals surface area contributed by atoms with Crippen LogP contribution in [0.5, 0.6) is 0 Å². The lowest BCUT2D eigenvalue weighted by molar-refractivity contribution is -0.191. The van der Waals surface area contributed by atoms with Crippen LogP contribution in [0.2, 0.25) is 0 Å². The van der Waals surface area contributed by atoms with Crippen molar-refractivity contribution in [1.29, 1.82) is 0 Å². The maximum atomic E-state index is 12.9. The highest BCUT2D eigenvalue weighted by Gasteiger charge is 2.43. The molecule has 0 aromatic carbocycles. The molecule has 2 aliphatic carbocycles. The Hall–Kier alpha value is -1.17. The molecule has 170 valence electrons. The molecular formula is C25H40O5. The van der Waals surface area contributed by atoms with Crippen LogP contribution in [0.15, 0.2) is 23.8 Å². The minimum Gasteiger partial charge on any atom is -0.461 e. The van der Waals surface area contributed by atoms with Gasteiger partial charge >= 0.3 is 5.97 Å². The number of rotatable bonds is 6. The average molecular weight is 421 g/mol.